The van der Waals surface area contributed by atoms with E-state index < -0.39 is 6.04 Å². The standard InChI is InChI=1S/C16H20N2O2/c1-11-6-5-7-13(10-11)18-12(2)15(19)17-9-4-3-8-14(17)16(18)20/h5-7,10,12,14H,3-4,8-9H2,1-2H3. The predicted octanol–water partition coefficient (Wildman–Crippen LogP) is 2.11. The number of fused-ring (bicyclic) bond motifs is 1. The number of piperazine rings is 1. The zero-order valence-corrected chi connectivity index (χ0v) is 12.0. The Kier molecular flexibility index (Phi) is 3.24. The number of rotatable bonds is 1. The third kappa shape index (κ3) is 1.99. The molecule has 20 heavy (non-hydrogen) atoms. The molecule has 2 unspecified atom stereocenters. The highest BCUT2D eigenvalue weighted by Gasteiger charge is 2.45. The van der Waals surface area contributed by atoms with E-state index >= 15 is 0 Å². The fraction of sp³-hybridized carbons (Fsp3) is 0.500. The van der Waals surface area contributed by atoms with Crippen LogP contribution in [0.4, 0.5) is 5.69 Å². The Bertz CT molecular complexity index is 555. The molecule has 0 spiro atoms. The highest BCUT2D eigenvalue weighted by molar-refractivity contribution is 6.08. The van der Waals surface area contributed by atoms with E-state index in [0.29, 0.717) is 0 Å². The molecule has 4 nitrogen and oxygen atoms in total. The summed E-state index contributed by atoms with van der Waals surface area (Å²) in [5, 5.41) is 0. The van der Waals surface area contributed by atoms with Crippen LogP contribution in [0.25, 0.3) is 0 Å². The van der Waals surface area contributed by atoms with Crippen LogP contribution >= 0.6 is 0 Å². The smallest absolute Gasteiger partial charge is 0.250 e. The van der Waals surface area contributed by atoms with Crippen molar-refractivity contribution in [1.29, 1.82) is 0 Å². The average Bonchev–Trinajstić information content (AvgIpc) is 2.45. The summed E-state index contributed by atoms with van der Waals surface area (Å²) >= 11 is 0. The maximum absolute atomic E-state index is 12.8. The SMILES string of the molecule is Cc1cccc(N2C(=O)C3CCCCN3C(=O)C2C)c1. The Labute approximate surface area is 119 Å². The molecule has 106 valence electrons. The molecule has 2 atom stereocenters. The molecule has 1 aromatic rings. The molecule has 2 aliphatic heterocycles. The minimum absolute atomic E-state index is 0.0717. The molecule has 3 rings (SSSR count). The lowest BCUT2D eigenvalue weighted by Crippen LogP contribution is -2.65. The Morgan fingerprint density at radius 3 is 2.70 bits per heavy atom. The van der Waals surface area contributed by atoms with Gasteiger partial charge in [-0.3, -0.25) is 14.5 Å². The lowest BCUT2D eigenvalue weighted by atomic mass is 9.95. The molecule has 0 radical (unpaired) electrons. The van der Waals surface area contributed by atoms with E-state index in [1.54, 1.807) is 9.80 Å². The maximum atomic E-state index is 12.8. The Balaban J connectivity index is 1.98. The second kappa shape index (κ2) is 4.93. The number of benzene rings is 1. The number of amides is 2. The van der Waals surface area contributed by atoms with Crippen LogP contribution in [0.15, 0.2) is 24.3 Å². The number of anilines is 1. The third-order valence-corrected chi connectivity index (χ3v) is 4.33. The van der Waals surface area contributed by atoms with Crippen molar-refractivity contribution in [2.75, 3.05) is 11.4 Å². The van der Waals surface area contributed by atoms with E-state index in [-0.39, 0.29) is 17.9 Å². The van der Waals surface area contributed by atoms with Gasteiger partial charge < -0.3 is 4.90 Å². The maximum Gasteiger partial charge on any atom is 0.250 e. The van der Waals surface area contributed by atoms with E-state index in [1.165, 1.54) is 0 Å². The predicted molar refractivity (Wildman–Crippen MR) is 77.5 cm³/mol. The van der Waals surface area contributed by atoms with Crippen molar-refractivity contribution in [2.45, 2.75) is 45.2 Å². The quantitative estimate of drug-likeness (QED) is 0.785. The average molecular weight is 272 g/mol. The summed E-state index contributed by atoms with van der Waals surface area (Å²) in [6.45, 7) is 4.55. The summed E-state index contributed by atoms with van der Waals surface area (Å²) in [5.41, 5.74) is 1.93. The van der Waals surface area contributed by atoms with Crippen molar-refractivity contribution < 1.29 is 9.59 Å². The van der Waals surface area contributed by atoms with Crippen molar-refractivity contribution in [1.82, 2.24) is 4.90 Å². The molecule has 0 bridgehead atoms. The molecular formula is C16H20N2O2. The molecular weight excluding hydrogens is 252 g/mol. The summed E-state index contributed by atoms with van der Waals surface area (Å²) in [5.74, 6) is 0.151. The molecule has 0 aromatic heterocycles. The highest BCUT2D eigenvalue weighted by Crippen LogP contribution is 2.30. The van der Waals surface area contributed by atoms with Gasteiger partial charge in [-0.2, -0.15) is 0 Å². The normalized spacial score (nSPS) is 26.7. The summed E-state index contributed by atoms with van der Waals surface area (Å²) in [4.78, 5) is 28.7. The van der Waals surface area contributed by atoms with Crippen LogP contribution in [0.5, 0.6) is 0 Å². The lowest BCUT2D eigenvalue weighted by Gasteiger charge is -2.46. The van der Waals surface area contributed by atoms with Gasteiger partial charge in [0.2, 0.25) is 5.91 Å². The minimum atomic E-state index is -0.404. The molecule has 0 aliphatic carbocycles. The number of aryl methyl sites for hydroxylation is 1. The van der Waals surface area contributed by atoms with Crippen LogP contribution in [0, 0.1) is 6.92 Å². The van der Waals surface area contributed by atoms with Gasteiger partial charge in [0.25, 0.3) is 5.91 Å². The van der Waals surface area contributed by atoms with Gasteiger partial charge in [-0.15, -0.1) is 0 Å². The number of piperidine rings is 1. The molecule has 2 heterocycles. The topological polar surface area (TPSA) is 40.6 Å². The second-order valence-corrected chi connectivity index (χ2v) is 5.77. The molecule has 0 saturated carbocycles. The Morgan fingerprint density at radius 1 is 1.15 bits per heavy atom. The Hall–Kier alpha value is -1.84. The zero-order valence-electron chi connectivity index (χ0n) is 12.0. The first-order chi connectivity index (χ1) is 9.59. The monoisotopic (exact) mass is 272 g/mol. The van der Waals surface area contributed by atoms with E-state index in [4.69, 9.17) is 0 Å². The van der Waals surface area contributed by atoms with Gasteiger partial charge in [-0.1, -0.05) is 12.1 Å². The first-order valence-corrected chi connectivity index (χ1v) is 7.30. The van der Waals surface area contributed by atoms with Gasteiger partial charge in [0, 0.05) is 12.2 Å². The first kappa shape index (κ1) is 13.2. The van der Waals surface area contributed by atoms with Gasteiger partial charge >= 0.3 is 0 Å². The number of carbonyl (C=O) groups excluding carboxylic acids is 2. The molecule has 2 amide bonds. The molecule has 4 heteroatoms. The largest absolute Gasteiger partial charge is 0.329 e. The number of hydrogen-bond donors (Lipinski definition) is 0. The third-order valence-electron chi connectivity index (χ3n) is 4.33. The fourth-order valence-electron chi connectivity index (χ4n) is 3.28. The van der Waals surface area contributed by atoms with E-state index in [2.05, 4.69) is 0 Å². The molecule has 2 aliphatic rings. The second-order valence-electron chi connectivity index (χ2n) is 5.77. The van der Waals surface area contributed by atoms with E-state index in [1.807, 2.05) is 38.1 Å². The number of carbonyl (C=O) groups is 2. The van der Waals surface area contributed by atoms with Crippen LogP contribution in [0.3, 0.4) is 0 Å². The minimum Gasteiger partial charge on any atom is -0.329 e. The van der Waals surface area contributed by atoms with Crippen molar-refractivity contribution in [2.24, 2.45) is 0 Å². The van der Waals surface area contributed by atoms with Crippen LogP contribution in [0.2, 0.25) is 0 Å². The van der Waals surface area contributed by atoms with Gasteiger partial charge in [-0.25, -0.2) is 0 Å². The first-order valence-electron chi connectivity index (χ1n) is 7.30. The molecule has 1 aromatic carbocycles. The molecule has 2 fully saturated rings. The zero-order chi connectivity index (χ0) is 14.3. The lowest BCUT2D eigenvalue weighted by molar-refractivity contribution is -0.147. The summed E-state index contributed by atoms with van der Waals surface area (Å²) in [6, 6.07) is 7.15. The van der Waals surface area contributed by atoms with Gasteiger partial charge in [0.1, 0.15) is 12.1 Å². The molecule has 2 saturated heterocycles. The van der Waals surface area contributed by atoms with Crippen LogP contribution < -0.4 is 4.90 Å². The fourth-order valence-corrected chi connectivity index (χ4v) is 3.28. The summed E-state index contributed by atoms with van der Waals surface area (Å²) in [7, 11) is 0. The van der Waals surface area contributed by atoms with E-state index in [0.717, 1.165) is 37.1 Å². The van der Waals surface area contributed by atoms with Crippen molar-refractivity contribution in [3.8, 4) is 0 Å². The number of hydrogen-bond acceptors (Lipinski definition) is 2. The summed E-state index contributed by atoms with van der Waals surface area (Å²) < 4.78 is 0. The van der Waals surface area contributed by atoms with Crippen molar-refractivity contribution in [3.05, 3.63) is 29.8 Å². The molecule has 0 N–H and O–H groups in total. The highest BCUT2D eigenvalue weighted by atomic mass is 16.2. The van der Waals surface area contributed by atoms with Crippen molar-refractivity contribution in [3.63, 3.8) is 0 Å². The van der Waals surface area contributed by atoms with Crippen LogP contribution in [-0.4, -0.2) is 35.3 Å². The van der Waals surface area contributed by atoms with Crippen LogP contribution in [0.1, 0.15) is 31.7 Å². The van der Waals surface area contributed by atoms with E-state index in [9.17, 15) is 9.59 Å². The van der Waals surface area contributed by atoms with Crippen LogP contribution in [-0.2, 0) is 9.59 Å². The Morgan fingerprint density at radius 2 is 1.95 bits per heavy atom. The van der Waals surface area contributed by atoms with Crippen molar-refractivity contribution >= 4 is 17.5 Å². The van der Waals surface area contributed by atoms with Gasteiger partial charge in [-0.05, 0) is 50.8 Å². The van der Waals surface area contributed by atoms with Gasteiger partial charge in [0.15, 0.2) is 0 Å². The number of nitrogens with zero attached hydrogens (tertiary/aromatic N) is 2. The van der Waals surface area contributed by atoms with Gasteiger partial charge in [0.05, 0.1) is 0 Å². The summed E-state index contributed by atoms with van der Waals surface area (Å²) in [6.07, 6.45) is 2.82.